The summed E-state index contributed by atoms with van der Waals surface area (Å²) in [5.41, 5.74) is 4.48. The number of nitrogens with one attached hydrogen (secondary N) is 1. The summed E-state index contributed by atoms with van der Waals surface area (Å²) < 4.78 is 0. The van der Waals surface area contributed by atoms with Crippen molar-refractivity contribution >= 4 is 11.6 Å². The van der Waals surface area contributed by atoms with Crippen LogP contribution >= 0.6 is 11.6 Å². The summed E-state index contributed by atoms with van der Waals surface area (Å²) in [6.45, 7) is 0. The Balaban J connectivity index is 1.99. The molecular formula is C23H16ClNO2. The number of rotatable bonds is 3. The number of hydrogen-bond acceptors (Lipinski definition) is 2. The monoisotopic (exact) mass is 373 g/mol. The SMILES string of the molecule is O=c1[nH]c(-c2ccccc2)cc(-c2ccc(Cl)cc2)c1-c1ccc(O)cc1. The Bertz CT molecular complexity index is 1130. The number of phenolic OH excluding ortho intramolecular Hbond substituents is 1. The van der Waals surface area contributed by atoms with Crippen LogP contribution < -0.4 is 5.56 Å². The van der Waals surface area contributed by atoms with Crippen molar-refractivity contribution in [1.82, 2.24) is 4.98 Å². The third-order valence-electron chi connectivity index (χ3n) is 4.43. The summed E-state index contributed by atoms with van der Waals surface area (Å²) in [6.07, 6.45) is 0. The van der Waals surface area contributed by atoms with Gasteiger partial charge in [-0.05, 0) is 52.6 Å². The highest BCUT2D eigenvalue weighted by Gasteiger charge is 2.14. The van der Waals surface area contributed by atoms with Crippen molar-refractivity contribution < 1.29 is 5.11 Å². The van der Waals surface area contributed by atoms with E-state index in [0.29, 0.717) is 10.6 Å². The van der Waals surface area contributed by atoms with Gasteiger partial charge in [0.2, 0.25) is 0 Å². The molecule has 0 saturated carbocycles. The van der Waals surface area contributed by atoms with Crippen molar-refractivity contribution in [2.24, 2.45) is 0 Å². The number of aromatic amines is 1. The van der Waals surface area contributed by atoms with E-state index in [1.54, 1.807) is 36.4 Å². The maximum Gasteiger partial charge on any atom is 0.256 e. The first-order chi connectivity index (χ1) is 13.1. The van der Waals surface area contributed by atoms with Gasteiger partial charge in [-0.2, -0.15) is 0 Å². The van der Waals surface area contributed by atoms with E-state index in [-0.39, 0.29) is 11.3 Å². The van der Waals surface area contributed by atoms with Gasteiger partial charge in [-0.3, -0.25) is 4.79 Å². The van der Waals surface area contributed by atoms with Gasteiger partial charge in [0.25, 0.3) is 5.56 Å². The molecule has 0 aliphatic heterocycles. The molecule has 0 unspecified atom stereocenters. The number of aromatic nitrogens is 1. The quantitative estimate of drug-likeness (QED) is 0.481. The van der Waals surface area contributed by atoms with Gasteiger partial charge in [0.15, 0.2) is 0 Å². The Morgan fingerprint density at radius 1 is 0.741 bits per heavy atom. The van der Waals surface area contributed by atoms with E-state index in [1.165, 1.54) is 0 Å². The van der Waals surface area contributed by atoms with Crippen LogP contribution in [0.4, 0.5) is 0 Å². The average Bonchev–Trinajstić information content (AvgIpc) is 2.70. The predicted molar refractivity (Wildman–Crippen MR) is 110 cm³/mol. The molecule has 0 atom stereocenters. The molecule has 0 aliphatic rings. The topological polar surface area (TPSA) is 53.1 Å². The van der Waals surface area contributed by atoms with Crippen molar-refractivity contribution in [1.29, 1.82) is 0 Å². The van der Waals surface area contributed by atoms with Gasteiger partial charge in [-0.25, -0.2) is 0 Å². The molecule has 0 fully saturated rings. The number of aromatic hydroxyl groups is 1. The van der Waals surface area contributed by atoms with Gasteiger partial charge in [0.05, 0.1) is 5.56 Å². The molecule has 4 aromatic rings. The lowest BCUT2D eigenvalue weighted by molar-refractivity contribution is 0.475. The zero-order chi connectivity index (χ0) is 18.8. The second-order valence-electron chi connectivity index (χ2n) is 6.22. The maximum atomic E-state index is 13.0. The largest absolute Gasteiger partial charge is 0.508 e. The highest BCUT2D eigenvalue weighted by molar-refractivity contribution is 6.30. The third-order valence-corrected chi connectivity index (χ3v) is 4.68. The van der Waals surface area contributed by atoms with Crippen molar-refractivity contribution in [3.63, 3.8) is 0 Å². The Hall–Kier alpha value is -3.30. The van der Waals surface area contributed by atoms with Crippen LogP contribution in [0.2, 0.25) is 5.02 Å². The average molecular weight is 374 g/mol. The molecule has 1 heterocycles. The van der Waals surface area contributed by atoms with Crippen LogP contribution in [0.25, 0.3) is 33.5 Å². The van der Waals surface area contributed by atoms with E-state index in [4.69, 9.17) is 11.6 Å². The van der Waals surface area contributed by atoms with Crippen LogP contribution in [0.15, 0.2) is 89.7 Å². The second kappa shape index (κ2) is 7.14. The normalized spacial score (nSPS) is 10.7. The van der Waals surface area contributed by atoms with E-state index in [0.717, 1.165) is 27.9 Å². The first kappa shape index (κ1) is 17.1. The highest BCUT2D eigenvalue weighted by Crippen LogP contribution is 2.33. The predicted octanol–water partition coefficient (Wildman–Crippen LogP) is 5.73. The minimum atomic E-state index is -0.188. The third kappa shape index (κ3) is 3.50. The fourth-order valence-corrected chi connectivity index (χ4v) is 3.23. The maximum absolute atomic E-state index is 13.0. The fraction of sp³-hybridized carbons (Fsp3) is 0. The molecule has 0 amide bonds. The van der Waals surface area contributed by atoms with Crippen LogP contribution in [-0.2, 0) is 0 Å². The molecule has 0 spiro atoms. The molecule has 0 aliphatic carbocycles. The molecule has 4 rings (SSSR count). The van der Waals surface area contributed by atoms with Crippen molar-refractivity contribution in [2.75, 3.05) is 0 Å². The summed E-state index contributed by atoms with van der Waals surface area (Å²) in [5.74, 6) is 0.157. The molecule has 3 aromatic carbocycles. The summed E-state index contributed by atoms with van der Waals surface area (Å²) >= 11 is 6.04. The van der Waals surface area contributed by atoms with E-state index in [2.05, 4.69) is 4.98 Å². The standard InChI is InChI=1S/C23H16ClNO2/c24-18-10-6-15(7-11-18)20-14-21(16-4-2-1-3-5-16)25-23(27)22(20)17-8-12-19(26)13-9-17/h1-14,26H,(H,25,27). The van der Waals surface area contributed by atoms with Crippen molar-refractivity contribution in [2.45, 2.75) is 0 Å². The fourth-order valence-electron chi connectivity index (χ4n) is 3.10. The zero-order valence-corrected chi connectivity index (χ0v) is 15.1. The van der Waals surface area contributed by atoms with Crippen LogP contribution in [0.1, 0.15) is 0 Å². The van der Waals surface area contributed by atoms with Crippen LogP contribution in [0.5, 0.6) is 5.75 Å². The molecule has 2 N–H and O–H groups in total. The molecule has 0 radical (unpaired) electrons. The number of halogens is 1. The lowest BCUT2D eigenvalue weighted by Crippen LogP contribution is -2.11. The van der Waals surface area contributed by atoms with Crippen molar-refractivity contribution in [3.8, 4) is 39.3 Å². The molecule has 4 heteroatoms. The minimum Gasteiger partial charge on any atom is -0.508 e. The Morgan fingerprint density at radius 3 is 2.04 bits per heavy atom. The summed E-state index contributed by atoms with van der Waals surface area (Å²) in [5, 5.41) is 10.2. The molecule has 132 valence electrons. The number of pyridine rings is 1. The molecule has 0 bridgehead atoms. The molecule has 27 heavy (non-hydrogen) atoms. The molecular weight excluding hydrogens is 358 g/mol. The van der Waals surface area contributed by atoms with Gasteiger partial charge in [0.1, 0.15) is 5.75 Å². The lowest BCUT2D eigenvalue weighted by atomic mass is 9.94. The van der Waals surface area contributed by atoms with E-state index in [9.17, 15) is 9.90 Å². The van der Waals surface area contributed by atoms with E-state index >= 15 is 0 Å². The number of H-pyrrole nitrogens is 1. The Labute approximate surface area is 161 Å². The first-order valence-electron chi connectivity index (χ1n) is 8.50. The molecule has 0 saturated heterocycles. The Kier molecular flexibility index (Phi) is 4.53. The second-order valence-corrected chi connectivity index (χ2v) is 6.66. The number of benzene rings is 3. The smallest absolute Gasteiger partial charge is 0.256 e. The van der Waals surface area contributed by atoms with Gasteiger partial charge in [0, 0.05) is 10.7 Å². The minimum absolute atomic E-state index is 0.157. The number of hydrogen-bond donors (Lipinski definition) is 2. The lowest BCUT2D eigenvalue weighted by Gasteiger charge is -2.13. The summed E-state index contributed by atoms with van der Waals surface area (Å²) in [6, 6.07) is 25.7. The highest BCUT2D eigenvalue weighted by atomic mass is 35.5. The van der Waals surface area contributed by atoms with Crippen molar-refractivity contribution in [3.05, 3.63) is 100 Å². The van der Waals surface area contributed by atoms with Gasteiger partial charge < -0.3 is 10.1 Å². The van der Waals surface area contributed by atoms with Crippen LogP contribution in [-0.4, -0.2) is 10.1 Å². The first-order valence-corrected chi connectivity index (χ1v) is 8.88. The van der Waals surface area contributed by atoms with Crippen LogP contribution in [0.3, 0.4) is 0 Å². The number of phenols is 1. The molecule has 3 nitrogen and oxygen atoms in total. The van der Waals surface area contributed by atoms with Gasteiger partial charge in [-0.15, -0.1) is 0 Å². The zero-order valence-electron chi connectivity index (χ0n) is 14.3. The summed E-state index contributed by atoms with van der Waals surface area (Å²) in [7, 11) is 0. The molecule has 1 aromatic heterocycles. The van der Waals surface area contributed by atoms with Gasteiger partial charge in [-0.1, -0.05) is 66.2 Å². The van der Waals surface area contributed by atoms with Gasteiger partial charge >= 0.3 is 0 Å². The van der Waals surface area contributed by atoms with E-state index < -0.39 is 0 Å². The van der Waals surface area contributed by atoms with E-state index in [1.807, 2.05) is 48.5 Å². The summed E-state index contributed by atoms with van der Waals surface area (Å²) in [4.78, 5) is 16.0. The van der Waals surface area contributed by atoms with Crippen LogP contribution in [0, 0.1) is 0 Å². The Morgan fingerprint density at radius 2 is 1.37 bits per heavy atom.